The molecular weight excluding hydrogens is 483 g/mol. The standard InChI is InChI=1S/C29H41BN2O6/c1-19(35-6)25(31-27(34)36-7)26(33)32-17-9-8-10-24(32)22-12-11-21(18-22)20-13-15-23(16-14-20)30-37-28(2,3)29(4,5)38-30/h11-16,19,24-25H,8-10,17-18H2,1-7H3,(H,31,34)/t19-,24+,25+/m1/s1. The second-order valence-electron chi connectivity index (χ2n) is 11.4. The van der Waals surface area contributed by atoms with Crippen molar-refractivity contribution in [1.29, 1.82) is 0 Å². The van der Waals surface area contributed by atoms with Gasteiger partial charge in [0.15, 0.2) is 0 Å². The maximum absolute atomic E-state index is 13.6. The molecule has 2 heterocycles. The van der Waals surface area contributed by atoms with Crippen molar-refractivity contribution in [2.45, 2.75) is 89.7 Å². The molecule has 206 valence electrons. The summed E-state index contributed by atoms with van der Waals surface area (Å²) in [5, 5.41) is 2.67. The Balaban J connectivity index is 1.44. The molecular formula is C29H41BN2O6. The van der Waals surface area contributed by atoms with Gasteiger partial charge >= 0.3 is 13.2 Å². The number of hydrogen-bond donors (Lipinski definition) is 1. The van der Waals surface area contributed by atoms with Crippen molar-refractivity contribution in [3.05, 3.63) is 47.6 Å². The highest BCUT2D eigenvalue weighted by Gasteiger charge is 2.51. The molecule has 0 spiro atoms. The third kappa shape index (κ3) is 5.70. The molecule has 2 saturated heterocycles. The minimum atomic E-state index is -0.815. The van der Waals surface area contributed by atoms with Crippen molar-refractivity contribution in [3.63, 3.8) is 0 Å². The van der Waals surface area contributed by atoms with Gasteiger partial charge in [-0.2, -0.15) is 0 Å². The number of carbonyl (C=O) groups excluding carboxylic acids is 2. The van der Waals surface area contributed by atoms with Crippen LogP contribution in [0, 0.1) is 0 Å². The smallest absolute Gasteiger partial charge is 0.453 e. The number of allylic oxidation sites excluding steroid dienone is 3. The maximum atomic E-state index is 13.6. The highest BCUT2D eigenvalue weighted by Crippen LogP contribution is 2.37. The lowest BCUT2D eigenvalue weighted by Crippen LogP contribution is -2.57. The molecule has 2 aliphatic heterocycles. The second-order valence-corrected chi connectivity index (χ2v) is 11.4. The molecule has 9 heteroatoms. The Kier molecular flexibility index (Phi) is 8.40. The molecule has 4 rings (SSSR count). The summed E-state index contributed by atoms with van der Waals surface area (Å²) in [5.74, 6) is -0.143. The molecule has 2 amide bonds. The SMILES string of the molecule is COC(=O)N[C@H](C(=O)N1CCCC[C@H]1C1=CC=C(c2ccc(B3OC(C)(C)C(C)(C)O3)cc2)C1)[C@@H](C)OC. The number of methoxy groups -OCH3 is 2. The summed E-state index contributed by atoms with van der Waals surface area (Å²) in [5.41, 5.74) is 3.82. The number of benzene rings is 1. The van der Waals surface area contributed by atoms with Crippen LogP contribution in [-0.4, -0.2) is 74.2 Å². The molecule has 3 aliphatic rings. The number of rotatable bonds is 7. The van der Waals surface area contributed by atoms with E-state index >= 15 is 0 Å². The Bertz CT molecular complexity index is 1080. The topological polar surface area (TPSA) is 86.3 Å². The van der Waals surface area contributed by atoms with Gasteiger partial charge in [-0.3, -0.25) is 4.79 Å². The Morgan fingerprint density at radius 3 is 2.32 bits per heavy atom. The van der Waals surface area contributed by atoms with Crippen LogP contribution in [0.25, 0.3) is 5.57 Å². The van der Waals surface area contributed by atoms with E-state index in [2.05, 4.69) is 69.4 Å². The van der Waals surface area contributed by atoms with E-state index in [1.54, 1.807) is 6.92 Å². The van der Waals surface area contributed by atoms with Crippen LogP contribution in [0.15, 0.2) is 42.0 Å². The number of hydrogen-bond acceptors (Lipinski definition) is 6. The lowest BCUT2D eigenvalue weighted by atomic mass is 9.78. The fourth-order valence-electron chi connectivity index (χ4n) is 5.27. The predicted octanol–water partition coefficient (Wildman–Crippen LogP) is 3.84. The van der Waals surface area contributed by atoms with E-state index in [1.807, 2.05) is 4.90 Å². The number of nitrogens with zero attached hydrogens (tertiary/aromatic N) is 1. The first-order chi connectivity index (χ1) is 18.0. The summed E-state index contributed by atoms with van der Waals surface area (Å²) in [4.78, 5) is 27.5. The summed E-state index contributed by atoms with van der Waals surface area (Å²) in [6, 6.07) is 7.54. The quantitative estimate of drug-likeness (QED) is 0.546. The van der Waals surface area contributed by atoms with Gasteiger partial charge < -0.3 is 29.0 Å². The van der Waals surface area contributed by atoms with Gasteiger partial charge in [-0.05, 0) is 82.5 Å². The van der Waals surface area contributed by atoms with Crippen molar-refractivity contribution in [2.75, 3.05) is 20.8 Å². The fraction of sp³-hybridized carbons (Fsp3) is 0.586. The number of likely N-dealkylation sites (tertiary alicyclic amines) is 1. The van der Waals surface area contributed by atoms with Crippen molar-refractivity contribution < 1.29 is 28.4 Å². The van der Waals surface area contributed by atoms with Gasteiger partial charge in [0.05, 0.1) is 30.5 Å². The molecule has 0 radical (unpaired) electrons. The molecule has 0 bridgehead atoms. The zero-order valence-corrected chi connectivity index (χ0v) is 23.7. The number of amides is 2. The van der Waals surface area contributed by atoms with Crippen LogP contribution in [-0.2, 0) is 23.6 Å². The van der Waals surface area contributed by atoms with Crippen LogP contribution >= 0.6 is 0 Å². The zero-order valence-electron chi connectivity index (χ0n) is 23.7. The van der Waals surface area contributed by atoms with E-state index in [4.69, 9.17) is 18.8 Å². The van der Waals surface area contributed by atoms with Gasteiger partial charge in [-0.25, -0.2) is 4.79 Å². The Labute approximate surface area is 226 Å². The zero-order chi connectivity index (χ0) is 27.7. The molecule has 1 aromatic rings. The van der Waals surface area contributed by atoms with E-state index in [1.165, 1.54) is 25.4 Å². The largest absolute Gasteiger partial charge is 0.494 e. The van der Waals surface area contributed by atoms with E-state index in [0.717, 1.165) is 36.7 Å². The second kappa shape index (κ2) is 11.2. The van der Waals surface area contributed by atoms with Crippen LogP contribution in [0.2, 0.25) is 0 Å². The average Bonchev–Trinajstić information content (AvgIpc) is 3.48. The van der Waals surface area contributed by atoms with E-state index < -0.39 is 18.2 Å². The Morgan fingerprint density at radius 1 is 1.05 bits per heavy atom. The third-order valence-electron chi connectivity index (χ3n) is 8.48. The molecule has 2 fully saturated rings. The molecule has 8 nitrogen and oxygen atoms in total. The third-order valence-corrected chi connectivity index (χ3v) is 8.48. The van der Waals surface area contributed by atoms with E-state index in [-0.39, 0.29) is 30.3 Å². The summed E-state index contributed by atoms with van der Waals surface area (Å²) in [6.45, 7) is 10.7. The first kappa shape index (κ1) is 28.4. The molecule has 0 unspecified atom stereocenters. The predicted molar refractivity (Wildman–Crippen MR) is 148 cm³/mol. The van der Waals surface area contributed by atoms with Crippen LogP contribution in [0.1, 0.15) is 65.9 Å². The molecule has 0 saturated carbocycles. The average molecular weight is 524 g/mol. The maximum Gasteiger partial charge on any atom is 0.494 e. The molecule has 0 aromatic heterocycles. The Hall–Kier alpha value is -2.62. The molecule has 38 heavy (non-hydrogen) atoms. The number of carbonyl (C=O) groups is 2. The molecule has 1 N–H and O–H groups in total. The first-order valence-electron chi connectivity index (χ1n) is 13.5. The Morgan fingerprint density at radius 2 is 1.71 bits per heavy atom. The van der Waals surface area contributed by atoms with E-state index in [0.29, 0.717) is 6.54 Å². The first-order valence-corrected chi connectivity index (χ1v) is 13.5. The van der Waals surface area contributed by atoms with Crippen LogP contribution in [0.3, 0.4) is 0 Å². The van der Waals surface area contributed by atoms with Crippen LogP contribution in [0.5, 0.6) is 0 Å². The summed E-state index contributed by atoms with van der Waals surface area (Å²) >= 11 is 0. The minimum absolute atomic E-state index is 0.0139. The molecule has 1 aromatic carbocycles. The van der Waals surface area contributed by atoms with Gasteiger partial charge in [-0.15, -0.1) is 0 Å². The highest BCUT2D eigenvalue weighted by molar-refractivity contribution is 6.62. The summed E-state index contributed by atoms with van der Waals surface area (Å²) in [6.07, 6.45) is 6.83. The lowest BCUT2D eigenvalue weighted by molar-refractivity contribution is -0.139. The number of piperidine rings is 1. The van der Waals surface area contributed by atoms with Gasteiger partial charge in [0.2, 0.25) is 5.91 Å². The molecule has 3 atom stereocenters. The lowest BCUT2D eigenvalue weighted by Gasteiger charge is -2.39. The van der Waals surface area contributed by atoms with Crippen molar-refractivity contribution >= 4 is 30.2 Å². The summed E-state index contributed by atoms with van der Waals surface area (Å²) < 4.78 is 22.6. The van der Waals surface area contributed by atoms with Gasteiger partial charge in [0.25, 0.3) is 0 Å². The highest BCUT2D eigenvalue weighted by atomic mass is 16.7. The van der Waals surface area contributed by atoms with E-state index in [9.17, 15) is 9.59 Å². The normalized spacial score (nSPS) is 23.9. The van der Waals surface area contributed by atoms with Gasteiger partial charge in [-0.1, -0.05) is 36.4 Å². The number of ether oxygens (including phenoxy) is 2. The number of nitrogens with one attached hydrogen (secondary N) is 1. The van der Waals surface area contributed by atoms with Gasteiger partial charge in [0.1, 0.15) is 6.04 Å². The van der Waals surface area contributed by atoms with Crippen molar-refractivity contribution in [2.24, 2.45) is 0 Å². The molecule has 1 aliphatic carbocycles. The fourth-order valence-corrected chi connectivity index (χ4v) is 5.27. The monoisotopic (exact) mass is 524 g/mol. The van der Waals surface area contributed by atoms with Gasteiger partial charge in [0, 0.05) is 13.7 Å². The van der Waals surface area contributed by atoms with Crippen molar-refractivity contribution in [1.82, 2.24) is 10.2 Å². The van der Waals surface area contributed by atoms with Crippen molar-refractivity contribution in [3.8, 4) is 0 Å². The minimum Gasteiger partial charge on any atom is -0.453 e. The summed E-state index contributed by atoms with van der Waals surface area (Å²) in [7, 11) is 2.44. The van der Waals surface area contributed by atoms with Crippen LogP contribution in [0.4, 0.5) is 4.79 Å². The van der Waals surface area contributed by atoms with Crippen LogP contribution < -0.4 is 10.8 Å². The number of alkyl carbamates (subject to hydrolysis) is 1.